The minimum absolute atomic E-state index is 0.225. The van der Waals surface area contributed by atoms with Crippen molar-refractivity contribution in [2.45, 2.75) is 78.1 Å². The molecule has 22 heavy (non-hydrogen) atoms. The molecule has 1 aromatic rings. The quantitative estimate of drug-likeness (QED) is 0.691. The minimum atomic E-state index is 0.225. The van der Waals surface area contributed by atoms with Crippen LogP contribution in [-0.2, 0) is 4.79 Å². The van der Waals surface area contributed by atoms with Crippen molar-refractivity contribution in [1.82, 2.24) is 5.32 Å². The Morgan fingerprint density at radius 1 is 0.773 bits per heavy atom. The van der Waals surface area contributed by atoms with Crippen molar-refractivity contribution in [2.75, 3.05) is 6.54 Å². The third kappa shape index (κ3) is 16.7. The smallest absolute Gasteiger partial charge is 0.219 e. The number of unbranched alkanes of at least 4 members (excludes halogenated alkanes) is 5. The van der Waals surface area contributed by atoms with Gasteiger partial charge in [-0.05, 0) is 12.8 Å². The van der Waals surface area contributed by atoms with E-state index >= 15 is 0 Å². The second kappa shape index (κ2) is 17.7. The number of rotatable bonds is 5. The van der Waals surface area contributed by atoms with Crippen LogP contribution in [0.1, 0.15) is 78.1 Å². The van der Waals surface area contributed by atoms with E-state index < -0.39 is 0 Å². The lowest BCUT2D eigenvalue weighted by molar-refractivity contribution is -0.120. The number of hydrogen-bond acceptors (Lipinski definition) is 1. The SMILES string of the molecule is CCCCCCCC.O=C1CCCCCN1.c1ccccc1. The van der Waals surface area contributed by atoms with E-state index in [0.717, 1.165) is 25.8 Å². The van der Waals surface area contributed by atoms with Crippen molar-refractivity contribution in [3.05, 3.63) is 36.4 Å². The molecule has 0 aliphatic carbocycles. The van der Waals surface area contributed by atoms with Gasteiger partial charge in [0.25, 0.3) is 0 Å². The summed E-state index contributed by atoms with van der Waals surface area (Å²) < 4.78 is 0. The Morgan fingerprint density at radius 3 is 1.73 bits per heavy atom. The van der Waals surface area contributed by atoms with Crippen LogP contribution in [0.2, 0.25) is 0 Å². The predicted octanol–water partition coefficient (Wildman–Crippen LogP) is 5.73. The third-order valence-corrected chi connectivity index (χ3v) is 3.53. The number of hydrogen-bond donors (Lipinski definition) is 1. The number of amides is 1. The van der Waals surface area contributed by atoms with Gasteiger partial charge in [0.05, 0.1) is 0 Å². The van der Waals surface area contributed by atoms with Crippen LogP contribution in [0.3, 0.4) is 0 Å². The molecular weight excluding hydrogens is 270 g/mol. The number of carbonyl (C=O) groups is 1. The van der Waals surface area contributed by atoms with Crippen LogP contribution >= 0.6 is 0 Å². The van der Waals surface area contributed by atoms with Crippen molar-refractivity contribution in [2.24, 2.45) is 0 Å². The molecule has 0 radical (unpaired) electrons. The Morgan fingerprint density at radius 2 is 1.27 bits per heavy atom. The van der Waals surface area contributed by atoms with Gasteiger partial charge in [-0.1, -0.05) is 95.2 Å². The Hall–Kier alpha value is -1.31. The molecule has 1 aliphatic heterocycles. The molecule has 1 aromatic carbocycles. The minimum Gasteiger partial charge on any atom is -0.356 e. The predicted molar refractivity (Wildman–Crippen MR) is 97.0 cm³/mol. The normalized spacial score (nSPS) is 13.6. The second-order valence-corrected chi connectivity index (χ2v) is 5.73. The fourth-order valence-corrected chi connectivity index (χ4v) is 2.14. The van der Waals surface area contributed by atoms with Crippen molar-refractivity contribution in [3.8, 4) is 0 Å². The number of benzene rings is 1. The highest BCUT2D eigenvalue weighted by atomic mass is 16.1. The first-order chi connectivity index (χ1) is 10.8. The molecule has 126 valence electrons. The molecule has 0 bridgehead atoms. The topological polar surface area (TPSA) is 29.1 Å². The molecule has 1 amide bonds. The highest BCUT2D eigenvalue weighted by Crippen LogP contribution is 2.03. The van der Waals surface area contributed by atoms with Crippen LogP contribution in [0.15, 0.2) is 36.4 Å². The first-order valence-electron chi connectivity index (χ1n) is 9.08. The first-order valence-corrected chi connectivity index (χ1v) is 9.08. The molecule has 1 N–H and O–H groups in total. The van der Waals surface area contributed by atoms with Gasteiger partial charge in [0, 0.05) is 13.0 Å². The molecule has 1 heterocycles. The van der Waals surface area contributed by atoms with E-state index in [9.17, 15) is 4.79 Å². The molecule has 2 rings (SSSR count). The van der Waals surface area contributed by atoms with Gasteiger partial charge in [-0.25, -0.2) is 0 Å². The van der Waals surface area contributed by atoms with E-state index in [1.165, 1.54) is 44.9 Å². The fraction of sp³-hybridized carbons (Fsp3) is 0.650. The summed E-state index contributed by atoms with van der Waals surface area (Å²) in [6, 6.07) is 12.0. The van der Waals surface area contributed by atoms with Crippen LogP contribution in [-0.4, -0.2) is 12.5 Å². The molecule has 0 spiro atoms. The Labute approximate surface area is 137 Å². The van der Waals surface area contributed by atoms with Crippen molar-refractivity contribution >= 4 is 5.91 Å². The Balaban J connectivity index is 0.000000304. The molecule has 0 saturated carbocycles. The maximum absolute atomic E-state index is 10.6. The maximum atomic E-state index is 10.6. The van der Waals surface area contributed by atoms with Gasteiger partial charge >= 0.3 is 0 Å². The third-order valence-electron chi connectivity index (χ3n) is 3.53. The summed E-state index contributed by atoms with van der Waals surface area (Å²) in [5.41, 5.74) is 0. The van der Waals surface area contributed by atoms with Crippen LogP contribution in [0.4, 0.5) is 0 Å². The molecular formula is C20H35NO. The lowest BCUT2D eigenvalue weighted by atomic mass is 10.1. The van der Waals surface area contributed by atoms with E-state index in [0.29, 0.717) is 0 Å². The Kier molecular flexibility index (Phi) is 16.7. The Bertz CT molecular complexity index is 281. The van der Waals surface area contributed by atoms with E-state index in [1.54, 1.807) is 0 Å². The maximum Gasteiger partial charge on any atom is 0.219 e. The average molecular weight is 306 g/mol. The highest BCUT2D eigenvalue weighted by molar-refractivity contribution is 5.75. The van der Waals surface area contributed by atoms with Gasteiger partial charge in [0.2, 0.25) is 5.91 Å². The summed E-state index contributed by atoms with van der Waals surface area (Å²) in [4.78, 5) is 10.6. The highest BCUT2D eigenvalue weighted by Gasteiger charge is 2.03. The summed E-state index contributed by atoms with van der Waals surface area (Å²) >= 11 is 0. The van der Waals surface area contributed by atoms with Gasteiger partial charge < -0.3 is 5.32 Å². The lowest BCUT2D eigenvalue weighted by Gasteiger charge is -1.93. The largest absolute Gasteiger partial charge is 0.356 e. The molecule has 0 aromatic heterocycles. The van der Waals surface area contributed by atoms with E-state index in [-0.39, 0.29) is 5.91 Å². The summed E-state index contributed by atoms with van der Waals surface area (Å²) in [6.45, 7) is 5.40. The van der Waals surface area contributed by atoms with Crippen LogP contribution in [0.5, 0.6) is 0 Å². The summed E-state index contributed by atoms with van der Waals surface area (Å²) in [5, 5.41) is 2.81. The van der Waals surface area contributed by atoms with Gasteiger partial charge in [0.15, 0.2) is 0 Å². The molecule has 2 heteroatoms. The zero-order valence-electron chi connectivity index (χ0n) is 14.7. The zero-order chi connectivity index (χ0) is 16.3. The number of nitrogens with one attached hydrogen (secondary N) is 1. The summed E-state index contributed by atoms with van der Waals surface area (Å²) in [6.07, 6.45) is 12.7. The molecule has 1 fully saturated rings. The lowest BCUT2D eigenvalue weighted by Crippen LogP contribution is -2.21. The summed E-state index contributed by atoms with van der Waals surface area (Å²) in [7, 11) is 0. The second-order valence-electron chi connectivity index (χ2n) is 5.73. The summed E-state index contributed by atoms with van der Waals surface area (Å²) in [5.74, 6) is 0.225. The molecule has 1 saturated heterocycles. The zero-order valence-corrected chi connectivity index (χ0v) is 14.7. The first kappa shape index (κ1) is 20.7. The average Bonchev–Trinajstić information content (AvgIpc) is 2.82. The van der Waals surface area contributed by atoms with Crippen molar-refractivity contribution < 1.29 is 4.79 Å². The number of carbonyl (C=O) groups excluding carboxylic acids is 1. The van der Waals surface area contributed by atoms with E-state index in [2.05, 4.69) is 19.2 Å². The van der Waals surface area contributed by atoms with Crippen LogP contribution < -0.4 is 5.32 Å². The van der Waals surface area contributed by atoms with Gasteiger partial charge in [-0.3, -0.25) is 4.79 Å². The molecule has 2 nitrogen and oxygen atoms in total. The standard InChI is InChI=1S/C8H18.C6H11NO.C6H6/c1-3-5-7-8-6-4-2;8-6-4-2-1-3-5-7-6;1-2-4-6-5-3-1/h3-8H2,1-2H3;1-5H2,(H,7,8);1-6H. The van der Waals surface area contributed by atoms with Gasteiger partial charge in [0.1, 0.15) is 0 Å². The van der Waals surface area contributed by atoms with Gasteiger partial charge in [-0.15, -0.1) is 0 Å². The van der Waals surface area contributed by atoms with Crippen LogP contribution in [0.25, 0.3) is 0 Å². The molecule has 0 unspecified atom stereocenters. The van der Waals surface area contributed by atoms with E-state index in [4.69, 9.17) is 0 Å². The van der Waals surface area contributed by atoms with Gasteiger partial charge in [-0.2, -0.15) is 0 Å². The van der Waals surface area contributed by atoms with Crippen molar-refractivity contribution in [1.29, 1.82) is 0 Å². The molecule has 1 aliphatic rings. The van der Waals surface area contributed by atoms with E-state index in [1.807, 2.05) is 36.4 Å². The van der Waals surface area contributed by atoms with Crippen molar-refractivity contribution in [3.63, 3.8) is 0 Å². The van der Waals surface area contributed by atoms with Crippen LogP contribution in [0, 0.1) is 0 Å². The monoisotopic (exact) mass is 305 g/mol. The molecule has 0 atom stereocenters. The fourth-order valence-electron chi connectivity index (χ4n) is 2.14.